The first-order chi connectivity index (χ1) is 14.4. The van der Waals surface area contributed by atoms with E-state index < -0.39 is 5.90 Å². The fourth-order valence-corrected chi connectivity index (χ4v) is 4.52. The molecule has 4 aromatic rings. The fraction of sp³-hybridized carbons (Fsp3) is 0.250. The summed E-state index contributed by atoms with van der Waals surface area (Å²) in [7, 11) is 0. The van der Waals surface area contributed by atoms with Gasteiger partial charge in [-0.05, 0) is 30.7 Å². The number of nitrogens with zero attached hydrogens (tertiary/aromatic N) is 4. The SMILES string of the molecule is CC(=O)c1c(C)nc2sc(/C([O-])=N/c3c[n+](C4CC4)no3)c(N)c2c1-c1ccco1. The van der Waals surface area contributed by atoms with E-state index in [-0.39, 0.29) is 22.2 Å². The molecule has 4 aromatic heterocycles. The van der Waals surface area contributed by atoms with Gasteiger partial charge in [0.1, 0.15) is 10.6 Å². The van der Waals surface area contributed by atoms with Crippen LogP contribution in [-0.4, -0.2) is 21.9 Å². The Morgan fingerprint density at radius 1 is 1.43 bits per heavy atom. The average molecular weight is 423 g/mol. The lowest BCUT2D eigenvalue weighted by Crippen LogP contribution is -2.32. The smallest absolute Gasteiger partial charge is 0.320 e. The maximum atomic E-state index is 12.8. The highest BCUT2D eigenvalue weighted by molar-refractivity contribution is 7.21. The number of ketones is 1. The quantitative estimate of drug-likeness (QED) is 0.226. The van der Waals surface area contributed by atoms with Crippen LogP contribution in [0.1, 0.15) is 46.7 Å². The Hall–Kier alpha value is -3.53. The second-order valence-corrected chi connectivity index (χ2v) is 8.17. The number of pyridine rings is 1. The van der Waals surface area contributed by atoms with E-state index >= 15 is 0 Å². The Morgan fingerprint density at radius 3 is 2.90 bits per heavy atom. The minimum absolute atomic E-state index is 0.114. The fourth-order valence-electron chi connectivity index (χ4n) is 3.48. The summed E-state index contributed by atoms with van der Waals surface area (Å²) in [6.07, 6.45) is 5.19. The molecule has 0 radical (unpaired) electrons. The number of rotatable bonds is 5. The average Bonchev–Trinajstić information content (AvgIpc) is 3.10. The number of nitrogens with two attached hydrogens (primary N) is 1. The van der Waals surface area contributed by atoms with E-state index in [0.717, 1.165) is 24.2 Å². The number of hydrogen-bond acceptors (Lipinski definition) is 9. The van der Waals surface area contributed by atoms with Crippen LogP contribution >= 0.6 is 11.3 Å². The molecule has 0 bridgehead atoms. The molecule has 1 saturated carbocycles. The predicted molar refractivity (Wildman–Crippen MR) is 108 cm³/mol. The number of nitrogen functional groups attached to an aromatic ring is 1. The number of fused-ring (bicyclic) bond motifs is 1. The van der Waals surface area contributed by atoms with Crippen LogP contribution in [0.25, 0.3) is 21.5 Å². The Kier molecular flexibility index (Phi) is 4.17. The Bertz CT molecular complexity index is 1310. The molecule has 0 unspecified atom stereocenters. The standard InChI is InChI=1S/C20H17N5O4S/c1-9-14(10(2)26)15(12-4-3-7-28-12)16-17(21)18(30-20(16)22-9)19(27)23-13-8-25(24-29-13)11-5-6-11/h3-4,7-8,11H,5-6H2,1-2H3,(H2-,21,23,24,27). The minimum atomic E-state index is -0.554. The number of anilines is 1. The van der Waals surface area contributed by atoms with E-state index in [1.54, 1.807) is 29.9 Å². The summed E-state index contributed by atoms with van der Waals surface area (Å²) in [5.74, 6) is -0.120. The second-order valence-electron chi connectivity index (χ2n) is 7.17. The number of carbonyl (C=O) groups is 1. The zero-order valence-corrected chi connectivity index (χ0v) is 17.0. The van der Waals surface area contributed by atoms with Crippen LogP contribution in [0.5, 0.6) is 0 Å². The van der Waals surface area contributed by atoms with Crippen LogP contribution in [0.15, 0.2) is 38.5 Å². The van der Waals surface area contributed by atoms with Gasteiger partial charge >= 0.3 is 5.88 Å². The molecule has 10 heteroatoms. The van der Waals surface area contributed by atoms with E-state index in [4.69, 9.17) is 14.7 Å². The molecule has 152 valence electrons. The van der Waals surface area contributed by atoms with Gasteiger partial charge in [0.15, 0.2) is 11.8 Å². The lowest BCUT2D eigenvalue weighted by atomic mass is 9.97. The first-order valence-electron chi connectivity index (χ1n) is 9.35. The van der Waals surface area contributed by atoms with E-state index in [2.05, 4.69) is 15.2 Å². The van der Waals surface area contributed by atoms with Crippen molar-refractivity contribution in [2.75, 3.05) is 5.73 Å². The summed E-state index contributed by atoms with van der Waals surface area (Å²) in [4.78, 5) is 21.6. The zero-order valence-electron chi connectivity index (χ0n) is 16.2. The molecular weight excluding hydrogens is 406 g/mol. The number of thiophene rings is 1. The van der Waals surface area contributed by atoms with Crippen molar-refractivity contribution in [1.29, 1.82) is 0 Å². The summed E-state index contributed by atoms with van der Waals surface area (Å²) in [5, 5.41) is 17.2. The van der Waals surface area contributed by atoms with Gasteiger partial charge in [-0.3, -0.25) is 9.32 Å². The lowest BCUT2D eigenvalue weighted by molar-refractivity contribution is -0.765. The molecule has 30 heavy (non-hydrogen) atoms. The van der Waals surface area contributed by atoms with Crippen LogP contribution in [-0.2, 0) is 0 Å². The third kappa shape index (κ3) is 2.96. The van der Waals surface area contributed by atoms with Gasteiger partial charge in [0, 0.05) is 29.7 Å². The van der Waals surface area contributed by atoms with Gasteiger partial charge in [-0.25, -0.2) is 9.98 Å². The summed E-state index contributed by atoms with van der Waals surface area (Å²) in [6, 6.07) is 3.79. The van der Waals surface area contributed by atoms with Crippen LogP contribution in [0.3, 0.4) is 0 Å². The molecule has 1 aliphatic carbocycles. The van der Waals surface area contributed by atoms with Gasteiger partial charge in [0.05, 0.1) is 28.1 Å². The highest BCUT2D eigenvalue weighted by Crippen LogP contribution is 2.42. The topological polar surface area (TPSA) is 134 Å². The number of aliphatic imine (C=N–C) groups is 1. The molecule has 0 atom stereocenters. The minimum Gasteiger partial charge on any atom is -0.857 e. The van der Waals surface area contributed by atoms with Gasteiger partial charge in [0.2, 0.25) is 5.27 Å². The van der Waals surface area contributed by atoms with Gasteiger partial charge in [-0.2, -0.15) is 0 Å². The molecule has 0 amide bonds. The number of aryl methyl sites for hydroxylation is 1. The molecule has 5 rings (SSSR count). The highest BCUT2D eigenvalue weighted by atomic mass is 32.1. The first-order valence-corrected chi connectivity index (χ1v) is 10.2. The summed E-state index contributed by atoms with van der Waals surface area (Å²) in [5.41, 5.74) is 8.07. The molecule has 4 heterocycles. The van der Waals surface area contributed by atoms with Crippen molar-refractivity contribution >= 4 is 44.8 Å². The van der Waals surface area contributed by atoms with Crippen molar-refractivity contribution in [3.63, 3.8) is 0 Å². The van der Waals surface area contributed by atoms with Crippen molar-refractivity contribution < 1.29 is 23.5 Å². The molecule has 2 N–H and O–H groups in total. The van der Waals surface area contributed by atoms with E-state index in [1.165, 1.54) is 13.2 Å². The Morgan fingerprint density at radius 2 is 2.23 bits per heavy atom. The third-order valence-electron chi connectivity index (χ3n) is 4.98. The van der Waals surface area contributed by atoms with Crippen LogP contribution in [0, 0.1) is 6.92 Å². The first kappa shape index (κ1) is 18.5. The van der Waals surface area contributed by atoms with Gasteiger partial charge in [-0.1, -0.05) is 0 Å². The predicted octanol–water partition coefficient (Wildman–Crippen LogP) is 2.70. The molecule has 0 spiro atoms. The summed E-state index contributed by atoms with van der Waals surface area (Å²) in [6.45, 7) is 3.21. The van der Waals surface area contributed by atoms with Crippen molar-refractivity contribution in [2.45, 2.75) is 32.7 Å². The Labute approximate surface area is 174 Å². The summed E-state index contributed by atoms with van der Waals surface area (Å²) >= 11 is 1.12. The van der Waals surface area contributed by atoms with Crippen molar-refractivity contribution in [3.8, 4) is 11.3 Å². The van der Waals surface area contributed by atoms with Crippen molar-refractivity contribution in [1.82, 2.24) is 10.3 Å². The van der Waals surface area contributed by atoms with Gasteiger partial charge in [0.25, 0.3) is 6.20 Å². The van der Waals surface area contributed by atoms with Crippen LogP contribution < -0.4 is 15.5 Å². The van der Waals surface area contributed by atoms with Crippen LogP contribution in [0.2, 0.25) is 0 Å². The van der Waals surface area contributed by atoms with Gasteiger partial charge in [-0.15, -0.1) is 11.3 Å². The molecule has 0 aromatic carbocycles. The zero-order chi connectivity index (χ0) is 21.0. The maximum Gasteiger partial charge on any atom is 0.320 e. The maximum absolute atomic E-state index is 12.8. The lowest BCUT2D eigenvalue weighted by Gasteiger charge is -2.11. The third-order valence-corrected chi connectivity index (χ3v) is 6.06. The number of aromatic nitrogens is 3. The molecular formula is C20H17N5O4S. The van der Waals surface area contributed by atoms with E-state index in [0.29, 0.717) is 38.8 Å². The monoisotopic (exact) mass is 423 g/mol. The Balaban J connectivity index is 1.69. The van der Waals surface area contributed by atoms with E-state index in [9.17, 15) is 9.90 Å². The van der Waals surface area contributed by atoms with Crippen LogP contribution in [0.4, 0.5) is 11.6 Å². The largest absolute Gasteiger partial charge is 0.857 e. The number of Topliss-reactive ketones (excluding diaryl/α,β-unsaturated/α-hetero) is 1. The number of hydrogen-bond donors (Lipinski definition) is 1. The molecule has 0 saturated heterocycles. The molecule has 9 nitrogen and oxygen atoms in total. The number of furan rings is 1. The van der Waals surface area contributed by atoms with Crippen molar-refractivity contribution in [3.05, 3.63) is 40.7 Å². The molecule has 1 aliphatic rings. The molecule has 1 fully saturated rings. The molecule has 0 aliphatic heterocycles. The summed E-state index contributed by atoms with van der Waals surface area (Å²) < 4.78 is 12.4. The van der Waals surface area contributed by atoms with Gasteiger partial charge < -0.3 is 15.3 Å². The van der Waals surface area contributed by atoms with E-state index in [1.807, 2.05) is 0 Å². The highest BCUT2D eigenvalue weighted by Gasteiger charge is 2.35. The van der Waals surface area contributed by atoms with Crippen molar-refractivity contribution in [2.24, 2.45) is 4.99 Å². The number of carbonyl (C=O) groups excluding carboxylic acids is 1. The second kappa shape index (κ2) is 6.77. The normalized spacial score (nSPS) is 14.5.